The van der Waals surface area contributed by atoms with Crippen LogP contribution in [-0.4, -0.2) is 39.9 Å². The lowest BCUT2D eigenvalue weighted by Gasteiger charge is -2.12. The lowest BCUT2D eigenvalue weighted by molar-refractivity contribution is -0.116. The number of anilines is 1. The Morgan fingerprint density at radius 2 is 1.87 bits per heavy atom. The molecule has 166 valence electrons. The Kier molecular flexibility index (Phi) is 7.88. The number of amidine groups is 1. The summed E-state index contributed by atoms with van der Waals surface area (Å²) in [4.78, 5) is 16.5. The van der Waals surface area contributed by atoms with Crippen molar-refractivity contribution in [1.82, 2.24) is 4.72 Å². The molecule has 9 heteroatoms. The van der Waals surface area contributed by atoms with Crippen molar-refractivity contribution in [3.8, 4) is 11.5 Å². The number of rotatable bonds is 10. The van der Waals surface area contributed by atoms with E-state index in [9.17, 15) is 13.2 Å². The van der Waals surface area contributed by atoms with E-state index in [-0.39, 0.29) is 17.2 Å². The third-order valence-electron chi connectivity index (χ3n) is 4.51. The summed E-state index contributed by atoms with van der Waals surface area (Å²) in [5, 5.41) is 2.74. The highest BCUT2D eigenvalue weighted by molar-refractivity contribution is 7.90. The van der Waals surface area contributed by atoms with E-state index in [1.807, 2.05) is 31.2 Å². The number of carbonyl (C=O) groups is 1. The molecule has 0 saturated carbocycles. The van der Waals surface area contributed by atoms with Crippen molar-refractivity contribution in [1.29, 1.82) is 0 Å². The fourth-order valence-electron chi connectivity index (χ4n) is 3.06. The second kappa shape index (κ2) is 10.8. The fraction of sp³-hybridized carbons (Fsp3) is 0.364. The normalized spacial score (nSPS) is 13.4. The van der Waals surface area contributed by atoms with Crippen LogP contribution in [0.15, 0.2) is 58.4 Å². The monoisotopic (exact) mass is 445 g/mol. The van der Waals surface area contributed by atoms with Crippen LogP contribution in [0.5, 0.6) is 11.5 Å². The van der Waals surface area contributed by atoms with E-state index in [1.54, 1.807) is 12.1 Å². The zero-order valence-corrected chi connectivity index (χ0v) is 18.3. The van der Waals surface area contributed by atoms with Crippen molar-refractivity contribution in [2.75, 3.05) is 25.1 Å². The van der Waals surface area contributed by atoms with Crippen LogP contribution in [0.25, 0.3) is 0 Å². The van der Waals surface area contributed by atoms with Crippen LogP contribution in [0.4, 0.5) is 5.69 Å². The number of carbonyl (C=O) groups excluding carboxylic acids is 1. The molecule has 0 spiro atoms. The molecule has 2 aromatic carbocycles. The van der Waals surface area contributed by atoms with Crippen LogP contribution in [-0.2, 0) is 14.8 Å². The van der Waals surface area contributed by atoms with Crippen LogP contribution < -0.4 is 19.5 Å². The molecule has 0 atom stereocenters. The summed E-state index contributed by atoms with van der Waals surface area (Å²) >= 11 is 0. The molecule has 3 rings (SSSR count). The Balaban J connectivity index is 1.49. The van der Waals surface area contributed by atoms with Crippen LogP contribution in [0.3, 0.4) is 0 Å². The number of para-hydroxylation sites is 2. The number of benzene rings is 2. The number of sulfonamides is 1. The molecule has 0 saturated heterocycles. The van der Waals surface area contributed by atoms with Gasteiger partial charge in [0, 0.05) is 25.1 Å². The van der Waals surface area contributed by atoms with Gasteiger partial charge in [-0.3, -0.25) is 14.5 Å². The number of ether oxygens (including phenoxy) is 2. The van der Waals surface area contributed by atoms with Crippen molar-refractivity contribution in [3.05, 3.63) is 48.5 Å². The predicted octanol–water partition coefficient (Wildman–Crippen LogP) is 3.35. The molecule has 0 aromatic heterocycles. The summed E-state index contributed by atoms with van der Waals surface area (Å²) in [6.45, 7) is 3.44. The number of nitrogens with zero attached hydrogens (tertiary/aromatic N) is 1. The molecule has 31 heavy (non-hydrogen) atoms. The second-order valence-electron chi connectivity index (χ2n) is 6.95. The summed E-state index contributed by atoms with van der Waals surface area (Å²) in [5.74, 6) is 1.57. The Morgan fingerprint density at radius 3 is 2.58 bits per heavy atom. The van der Waals surface area contributed by atoms with Gasteiger partial charge in [-0.05, 0) is 50.1 Å². The molecular formula is C22H27N3O5S. The number of aliphatic imine (C=N–C) groups is 1. The van der Waals surface area contributed by atoms with E-state index >= 15 is 0 Å². The molecule has 1 heterocycles. The van der Waals surface area contributed by atoms with Gasteiger partial charge in [0.1, 0.15) is 5.84 Å². The molecule has 0 radical (unpaired) electrons. The number of nitrogens with one attached hydrogen (secondary N) is 2. The Bertz CT molecular complexity index is 1040. The van der Waals surface area contributed by atoms with Gasteiger partial charge in [0.25, 0.3) is 10.0 Å². The van der Waals surface area contributed by atoms with Crippen molar-refractivity contribution in [2.45, 2.75) is 37.5 Å². The Hall–Kier alpha value is -3.07. The largest absolute Gasteiger partial charge is 0.490 e. The van der Waals surface area contributed by atoms with E-state index in [2.05, 4.69) is 15.0 Å². The second-order valence-corrected chi connectivity index (χ2v) is 8.63. The Morgan fingerprint density at radius 1 is 1.10 bits per heavy atom. The maximum Gasteiger partial charge on any atom is 0.262 e. The first-order valence-electron chi connectivity index (χ1n) is 10.3. The molecule has 2 N–H and O–H groups in total. The fourth-order valence-corrected chi connectivity index (χ4v) is 4.19. The first-order valence-corrected chi connectivity index (χ1v) is 11.8. The first-order chi connectivity index (χ1) is 15.0. The maximum absolute atomic E-state index is 12.5. The molecule has 1 aliphatic rings. The molecule has 0 fully saturated rings. The maximum atomic E-state index is 12.5. The average Bonchev–Trinajstić information content (AvgIpc) is 3.25. The minimum atomic E-state index is -3.73. The summed E-state index contributed by atoms with van der Waals surface area (Å²) in [5.41, 5.74) is 0.420. The van der Waals surface area contributed by atoms with Gasteiger partial charge in [-0.2, -0.15) is 0 Å². The van der Waals surface area contributed by atoms with Crippen molar-refractivity contribution in [2.24, 2.45) is 4.99 Å². The highest BCUT2D eigenvalue weighted by Gasteiger charge is 2.18. The van der Waals surface area contributed by atoms with E-state index in [4.69, 9.17) is 9.47 Å². The molecule has 0 aliphatic carbocycles. The van der Waals surface area contributed by atoms with Gasteiger partial charge in [-0.1, -0.05) is 18.2 Å². The third kappa shape index (κ3) is 6.71. The number of amides is 1. The van der Waals surface area contributed by atoms with Crippen LogP contribution in [0.1, 0.15) is 32.6 Å². The van der Waals surface area contributed by atoms with E-state index in [0.717, 1.165) is 6.42 Å². The Labute approximate surface area is 182 Å². The third-order valence-corrected chi connectivity index (χ3v) is 5.89. The van der Waals surface area contributed by atoms with Crippen molar-refractivity contribution in [3.63, 3.8) is 0 Å². The quantitative estimate of drug-likeness (QED) is 0.546. The summed E-state index contributed by atoms with van der Waals surface area (Å²) in [6.07, 6.45) is 2.20. The molecule has 0 unspecified atom stereocenters. The standard InChI is InChI=1S/C22H27N3O5S/c1-2-29-19-10-3-4-11-20(19)30-15-7-13-22(26)24-17-8-5-9-18(16-17)31(27,28)25-21-12-6-14-23-21/h3-5,8-11,16H,2,6-7,12-15H2,1H3,(H,23,25)(H,24,26). The zero-order chi connectivity index (χ0) is 22.1. The van der Waals surface area contributed by atoms with E-state index < -0.39 is 10.0 Å². The van der Waals surface area contributed by atoms with Crippen LogP contribution in [0.2, 0.25) is 0 Å². The topological polar surface area (TPSA) is 106 Å². The molecule has 8 nitrogen and oxygen atoms in total. The highest BCUT2D eigenvalue weighted by Crippen LogP contribution is 2.26. The average molecular weight is 446 g/mol. The van der Waals surface area contributed by atoms with Gasteiger partial charge < -0.3 is 14.8 Å². The van der Waals surface area contributed by atoms with Gasteiger partial charge in [0.15, 0.2) is 11.5 Å². The predicted molar refractivity (Wildman–Crippen MR) is 119 cm³/mol. The summed E-state index contributed by atoms with van der Waals surface area (Å²) < 4.78 is 38.8. The minimum absolute atomic E-state index is 0.0794. The SMILES string of the molecule is CCOc1ccccc1OCCCC(=O)Nc1cccc(S(=O)(=O)NC2=NCCC2)c1. The zero-order valence-electron chi connectivity index (χ0n) is 17.5. The van der Waals surface area contributed by atoms with Gasteiger partial charge in [-0.15, -0.1) is 0 Å². The molecule has 0 bridgehead atoms. The van der Waals surface area contributed by atoms with E-state index in [0.29, 0.717) is 55.6 Å². The number of hydrogen-bond donors (Lipinski definition) is 2. The highest BCUT2D eigenvalue weighted by atomic mass is 32.2. The van der Waals surface area contributed by atoms with Gasteiger partial charge >= 0.3 is 0 Å². The molecule has 2 aromatic rings. The molecular weight excluding hydrogens is 418 g/mol. The summed E-state index contributed by atoms with van der Waals surface area (Å²) in [7, 11) is -3.73. The smallest absolute Gasteiger partial charge is 0.262 e. The lowest BCUT2D eigenvalue weighted by atomic mass is 10.2. The van der Waals surface area contributed by atoms with Crippen molar-refractivity contribution < 1.29 is 22.7 Å². The van der Waals surface area contributed by atoms with Crippen molar-refractivity contribution >= 4 is 27.5 Å². The first kappa shape index (κ1) is 22.6. The van der Waals surface area contributed by atoms with Gasteiger partial charge in [0.05, 0.1) is 18.1 Å². The van der Waals surface area contributed by atoms with Crippen LogP contribution >= 0.6 is 0 Å². The minimum Gasteiger partial charge on any atom is -0.490 e. The van der Waals surface area contributed by atoms with Crippen LogP contribution in [0, 0.1) is 0 Å². The number of hydrogen-bond acceptors (Lipinski definition) is 6. The molecule has 1 aliphatic heterocycles. The summed E-state index contributed by atoms with van der Waals surface area (Å²) in [6, 6.07) is 13.5. The lowest BCUT2D eigenvalue weighted by Crippen LogP contribution is -2.29. The van der Waals surface area contributed by atoms with Gasteiger partial charge in [-0.25, -0.2) is 8.42 Å². The van der Waals surface area contributed by atoms with E-state index in [1.165, 1.54) is 12.1 Å². The molecule has 1 amide bonds. The van der Waals surface area contributed by atoms with Gasteiger partial charge in [0.2, 0.25) is 5.91 Å².